The highest BCUT2D eigenvalue weighted by Gasteiger charge is 2.34. The first kappa shape index (κ1) is 25.4. The zero-order valence-corrected chi connectivity index (χ0v) is 20.7. The highest BCUT2D eigenvalue weighted by Crippen LogP contribution is 2.27. The van der Waals surface area contributed by atoms with Crippen molar-refractivity contribution >= 4 is 12.0 Å². The van der Waals surface area contributed by atoms with Gasteiger partial charge in [0, 0.05) is 12.8 Å². The van der Waals surface area contributed by atoms with Crippen LogP contribution >= 0.6 is 0 Å². The van der Waals surface area contributed by atoms with Gasteiger partial charge in [-0.15, -0.1) is 0 Å². The molecule has 1 aliphatic carbocycles. The van der Waals surface area contributed by atoms with Crippen molar-refractivity contribution in [1.29, 1.82) is 0 Å². The van der Waals surface area contributed by atoms with E-state index in [-0.39, 0.29) is 0 Å². The molecule has 0 saturated heterocycles. The molecule has 4 heteroatoms. The number of aliphatic carboxylic acids is 1. The number of ether oxygens (including phenoxy) is 2. The van der Waals surface area contributed by atoms with Gasteiger partial charge < -0.3 is 14.6 Å². The first-order valence-electron chi connectivity index (χ1n) is 12.1. The number of rotatable bonds is 10. The number of carbonyl (C=O) groups is 1. The van der Waals surface area contributed by atoms with Gasteiger partial charge in [0.25, 0.3) is 0 Å². The Bertz CT molecular complexity index is 1040. The second kappa shape index (κ2) is 11.7. The van der Waals surface area contributed by atoms with Crippen LogP contribution in [0.3, 0.4) is 0 Å². The van der Waals surface area contributed by atoms with E-state index in [0.29, 0.717) is 31.1 Å². The fraction of sp³-hybridized carbons (Fsp3) is 0.367. The Morgan fingerprint density at radius 3 is 2.24 bits per heavy atom. The number of hydrogen-bond donors (Lipinski definition) is 1. The number of allylic oxidation sites excluding steroid dienone is 4. The summed E-state index contributed by atoms with van der Waals surface area (Å²) in [5.41, 5.74) is 3.60. The minimum atomic E-state index is -1.20. The van der Waals surface area contributed by atoms with Crippen LogP contribution in [0.1, 0.15) is 58.9 Å². The van der Waals surface area contributed by atoms with Gasteiger partial charge >= 0.3 is 5.97 Å². The van der Waals surface area contributed by atoms with Crippen LogP contribution in [0.5, 0.6) is 0 Å². The molecule has 0 spiro atoms. The van der Waals surface area contributed by atoms with Gasteiger partial charge in [0.15, 0.2) is 0 Å². The summed E-state index contributed by atoms with van der Waals surface area (Å²) in [6.45, 7) is 8.32. The second-order valence-electron chi connectivity index (χ2n) is 9.26. The molecule has 0 bridgehead atoms. The number of carboxylic acid groups (broad SMARTS) is 1. The number of carboxylic acids is 1. The van der Waals surface area contributed by atoms with E-state index in [4.69, 9.17) is 9.47 Å². The molecule has 0 saturated carbocycles. The maximum absolute atomic E-state index is 11.6. The molecule has 0 aliphatic heterocycles. The van der Waals surface area contributed by atoms with Gasteiger partial charge in [-0.25, -0.2) is 4.79 Å². The van der Waals surface area contributed by atoms with E-state index in [2.05, 4.69) is 68.5 Å². The summed E-state index contributed by atoms with van der Waals surface area (Å²) in [6.07, 6.45) is 8.76. The molecular weight excluding hydrogens is 424 g/mol. The predicted molar refractivity (Wildman–Crippen MR) is 138 cm³/mol. The molecule has 4 nitrogen and oxygen atoms in total. The van der Waals surface area contributed by atoms with Crippen molar-refractivity contribution in [3.8, 4) is 11.1 Å². The van der Waals surface area contributed by atoms with E-state index >= 15 is 0 Å². The Balaban J connectivity index is 1.67. The molecule has 1 atom stereocenters. The lowest BCUT2D eigenvalue weighted by Crippen LogP contribution is -2.37. The summed E-state index contributed by atoms with van der Waals surface area (Å²) in [4.78, 5) is 11.6. The van der Waals surface area contributed by atoms with Crippen LogP contribution in [0.2, 0.25) is 0 Å². The third-order valence-electron chi connectivity index (χ3n) is 6.32. The third kappa shape index (κ3) is 6.86. The molecule has 0 amide bonds. The summed E-state index contributed by atoms with van der Waals surface area (Å²) in [7, 11) is 0. The quantitative estimate of drug-likeness (QED) is 0.396. The molecule has 180 valence electrons. The fourth-order valence-corrected chi connectivity index (χ4v) is 3.72. The van der Waals surface area contributed by atoms with Crippen molar-refractivity contribution in [2.45, 2.75) is 59.0 Å². The Labute approximate surface area is 203 Å². The van der Waals surface area contributed by atoms with Gasteiger partial charge in [0.2, 0.25) is 5.60 Å². The summed E-state index contributed by atoms with van der Waals surface area (Å²) >= 11 is 0. The molecule has 2 aromatic carbocycles. The van der Waals surface area contributed by atoms with Crippen LogP contribution in [0.4, 0.5) is 0 Å². The van der Waals surface area contributed by atoms with Crippen LogP contribution < -0.4 is 0 Å². The van der Waals surface area contributed by atoms with E-state index in [1.54, 1.807) is 6.92 Å². The largest absolute Gasteiger partial charge is 0.494 e. The molecule has 0 aromatic heterocycles. The molecule has 1 N–H and O–H groups in total. The molecule has 2 aromatic rings. The number of hydrogen-bond acceptors (Lipinski definition) is 3. The molecule has 0 fully saturated rings. The van der Waals surface area contributed by atoms with Gasteiger partial charge in [0.1, 0.15) is 6.61 Å². The van der Waals surface area contributed by atoms with Gasteiger partial charge in [-0.2, -0.15) is 0 Å². The molecule has 1 unspecified atom stereocenters. The lowest BCUT2D eigenvalue weighted by Gasteiger charge is -2.26. The molecular formula is C30H36O4. The summed E-state index contributed by atoms with van der Waals surface area (Å²) in [5, 5.41) is 9.48. The van der Waals surface area contributed by atoms with Crippen molar-refractivity contribution in [2.75, 3.05) is 6.61 Å². The van der Waals surface area contributed by atoms with E-state index in [1.807, 2.05) is 25.1 Å². The second-order valence-corrected chi connectivity index (χ2v) is 9.26. The van der Waals surface area contributed by atoms with Crippen LogP contribution in [0.25, 0.3) is 17.2 Å². The Morgan fingerprint density at radius 2 is 1.62 bits per heavy atom. The first-order chi connectivity index (χ1) is 16.3. The summed E-state index contributed by atoms with van der Waals surface area (Å²) in [5.74, 6) is 1.01. The molecule has 34 heavy (non-hydrogen) atoms. The number of benzene rings is 2. The lowest BCUT2D eigenvalue weighted by molar-refractivity contribution is -0.159. The molecule has 1 aliphatic rings. The smallest absolute Gasteiger partial charge is 0.347 e. The minimum Gasteiger partial charge on any atom is -0.494 e. The van der Waals surface area contributed by atoms with Crippen molar-refractivity contribution in [3.63, 3.8) is 0 Å². The van der Waals surface area contributed by atoms with Crippen molar-refractivity contribution in [3.05, 3.63) is 89.4 Å². The van der Waals surface area contributed by atoms with Crippen LogP contribution in [0, 0.1) is 5.92 Å². The first-order valence-corrected chi connectivity index (χ1v) is 12.1. The van der Waals surface area contributed by atoms with Crippen LogP contribution in [-0.4, -0.2) is 23.3 Å². The average Bonchev–Trinajstić information content (AvgIpc) is 3.07. The Kier molecular flexibility index (Phi) is 8.75. The fourth-order valence-electron chi connectivity index (χ4n) is 3.72. The Hall–Kier alpha value is -3.27. The third-order valence-corrected chi connectivity index (χ3v) is 6.32. The predicted octanol–water partition coefficient (Wildman–Crippen LogP) is 7.63. The van der Waals surface area contributed by atoms with E-state index in [9.17, 15) is 9.90 Å². The SMILES string of the molecule is CCC(C)(OC1=CC=C(OC/C(=C/c2ccc(-c3ccccc3)cc2)C(C)C)CCC1)C(=O)O. The maximum Gasteiger partial charge on any atom is 0.347 e. The molecule has 0 heterocycles. The maximum atomic E-state index is 11.6. The Morgan fingerprint density at radius 1 is 1.00 bits per heavy atom. The zero-order valence-electron chi connectivity index (χ0n) is 20.7. The topological polar surface area (TPSA) is 55.8 Å². The van der Waals surface area contributed by atoms with Gasteiger partial charge in [-0.1, -0.05) is 81.4 Å². The van der Waals surface area contributed by atoms with E-state index in [0.717, 1.165) is 24.2 Å². The van der Waals surface area contributed by atoms with Crippen molar-refractivity contribution < 1.29 is 19.4 Å². The summed E-state index contributed by atoms with van der Waals surface area (Å²) < 4.78 is 12.0. The summed E-state index contributed by atoms with van der Waals surface area (Å²) in [6, 6.07) is 19.0. The van der Waals surface area contributed by atoms with Crippen LogP contribution in [-0.2, 0) is 14.3 Å². The van der Waals surface area contributed by atoms with E-state index in [1.165, 1.54) is 16.7 Å². The average molecular weight is 461 g/mol. The van der Waals surface area contributed by atoms with Gasteiger partial charge in [-0.05, 0) is 60.1 Å². The molecule has 0 radical (unpaired) electrons. The van der Waals surface area contributed by atoms with Gasteiger partial charge in [-0.3, -0.25) is 0 Å². The molecule has 3 rings (SSSR count). The van der Waals surface area contributed by atoms with E-state index < -0.39 is 11.6 Å². The van der Waals surface area contributed by atoms with Gasteiger partial charge in [0.05, 0.1) is 11.5 Å². The van der Waals surface area contributed by atoms with Crippen molar-refractivity contribution in [2.24, 2.45) is 5.92 Å². The van der Waals surface area contributed by atoms with Crippen molar-refractivity contribution in [1.82, 2.24) is 0 Å². The normalized spacial score (nSPS) is 16.2. The lowest BCUT2D eigenvalue weighted by atomic mass is 9.99. The van der Waals surface area contributed by atoms with Crippen LogP contribution in [0.15, 0.2) is 83.8 Å². The standard InChI is InChI=1S/C30H36O4/c1-5-30(4,29(31)32)34-28-13-9-12-27(18-19-28)33-21-26(22(2)3)20-23-14-16-25(17-15-23)24-10-7-6-8-11-24/h6-8,10-11,14-20,22H,5,9,12-13,21H2,1-4H3,(H,31,32)/b26-20-. The monoisotopic (exact) mass is 460 g/mol. The zero-order chi connectivity index (χ0) is 24.6. The minimum absolute atomic E-state index is 0.357. The highest BCUT2D eigenvalue weighted by molar-refractivity contribution is 5.77. The highest BCUT2D eigenvalue weighted by atomic mass is 16.5.